The van der Waals surface area contributed by atoms with Gasteiger partial charge in [-0.2, -0.15) is 13.2 Å². The fraction of sp³-hybridized carbons (Fsp3) is 0.182. The Kier molecular flexibility index (Phi) is 4.09. The summed E-state index contributed by atoms with van der Waals surface area (Å²) in [5.41, 5.74) is -1.07. The van der Waals surface area contributed by atoms with Crippen molar-refractivity contribution in [3.05, 3.63) is 36.0 Å². The largest absolute Gasteiger partial charge is 0.417 e. The molecule has 2 heterocycles. The first-order chi connectivity index (χ1) is 9.92. The molecule has 5 nitrogen and oxygen atoms in total. The molecular weight excluding hydrogens is 363 g/mol. The molecule has 0 saturated carbocycles. The smallest absolute Gasteiger partial charge is 0.244 e. The van der Waals surface area contributed by atoms with Crippen molar-refractivity contribution in [3.8, 4) is 0 Å². The van der Waals surface area contributed by atoms with Crippen LogP contribution in [0.4, 0.5) is 13.2 Å². The molecule has 0 aromatic carbocycles. The Labute approximate surface area is 128 Å². The molecule has 0 atom stereocenters. The van der Waals surface area contributed by atoms with Gasteiger partial charge in [-0.05, 0) is 24.3 Å². The summed E-state index contributed by atoms with van der Waals surface area (Å²) in [6.45, 7) is 0. The highest BCUT2D eigenvalue weighted by Gasteiger charge is 2.32. The van der Waals surface area contributed by atoms with Crippen LogP contribution in [0.2, 0.25) is 0 Å². The number of thiophene rings is 1. The summed E-state index contributed by atoms with van der Waals surface area (Å²) in [5.74, 6) is 0. The normalized spacial score (nSPS) is 13.3. The molecule has 2 aromatic rings. The van der Waals surface area contributed by atoms with E-state index < -0.39 is 36.4 Å². The summed E-state index contributed by atoms with van der Waals surface area (Å²) in [6, 6.07) is 3.54. The first kappa shape index (κ1) is 16.9. The minimum atomic E-state index is -4.62. The van der Waals surface area contributed by atoms with Crippen LogP contribution in [0.5, 0.6) is 0 Å². The number of rotatable bonds is 3. The minimum Gasteiger partial charge on any atom is -0.244 e. The predicted octanol–water partition coefficient (Wildman–Crippen LogP) is 2.40. The molecule has 120 valence electrons. The molecule has 0 N–H and O–H groups in total. The Balaban J connectivity index is 2.45. The van der Waals surface area contributed by atoms with Crippen molar-refractivity contribution in [2.45, 2.75) is 19.6 Å². The lowest BCUT2D eigenvalue weighted by Gasteiger charge is -2.06. The maximum atomic E-state index is 12.4. The van der Waals surface area contributed by atoms with Crippen LogP contribution in [-0.4, -0.2) is 28.1 Å². The molecule has 0 unspecified atom stereocenters. The highest BCUT2D eigenvalue weighted by atomic mass is 32.3. The molecule has 0 bridgehead atoms. The van der Waals surface area contributed by atoms with E-state index in [-0.39, 0.29) is 8.42 Å². The molecule has 0 aliphatic rings. The van der Waals surface area contributed by atoms with Gasteiger partial charge in [0.1, 0.15) is 8.42 Å². The van der Waals surface area contributed by atoms with E-state index in [0.29, 0.717) is 23.6 Å². The third-order valence-corrected chi connectivity index (χ3v) is 7.59. The van der Waals surface area contributed by atoms with Gasteiger partial charge in [0.2, 0.25) is 9.84 Å². The second-order valence-corrected chi connectivity index (χ2v) is 9.68. The van der Waals surface area contributed by atoms with Gasteiger partial charge >= 0.3 is 6.18 Å². The monoisotopic (exact) mass is 371 g/mol. The van der Waals surface area contributed by atoms with E-state index in [4.69, 9.17) is 0 Å². The number of hydrogen-bond donors (Lipinski definition) is 0. The molecule has 11 heteroatoms. The van der Waals surface area contributed by atoms with Crippen LogP contribution in [0.1, 0.15) is 5.56 Å². The number of pyridine rings is 1. The summed E-state index contributed by atoms with van der Waals surface area (Å²) >= 11 is 0.513. The molecule has 0 spiro atoms. The molecule has 2 rings (SSSR count). The van der Waals surface area contributed by atoms with E-state index in [0.717, 1.165) is 24.5 Å². The van der Waals surface area contributed by atoms with Gasteiger partial charge in [0, 0.05) is 12.5 Å². The highest BCUT2D eigenvalue weighted by Crippen LogP contribution is 2.32. The Bertz CT molecular complexity index is 897. The predicted molar refractivity (Wildman–Crippen MR) is 72.1 cm³/mol. The van der Waals surface area contributed by atoms with Crippen molar-refractivity contribution in [2.24, 2.45) is 0 Å². The van der Waals surface area contributed by atoms with Crippen molar-refractivity contribution < 1.29 is 30.0 Å². The second kappa shape index (κ2) is 5.32. The average Bonchev–Trinajstić information content (AvgIpc) is 2.88. The first-order valence-electron chi connectivity index (χ1n) is 5.50. The lowest BCUT2D eigenvalue weighted by Crippen LogP contribution is -2.08. The number of halogens is 3. The molecule has 0 radical (unpaired) electrons. The van der Waals surface area contributed by atoms with E-state index >= 15 is 0 Å². The van der Waals surface area contributed by atoms with E-state index in [1.165, 1.54) is 0 Å². The summed E-state index contributed by atoms with van der Waals surface area (Å²) in [4.78, 5) is 3.31. The average molecular weight is 371 g/mol. The van der Waals surface area contributed by atoms with Crippen molar-refractivity contribution in [3.63, 3.8) is 0 Å². The number of hydrogen-bond acceptors (Lipinski definition) is 6. The van der Waals surface area contributed by atoms with Gasteiger partial charge in [0.25, 0.3) is 0 Å². The Hall–Kier alpha value is -1.46. The lowest BCUT2D eigenvalue weighted by molar-refractivity contribution is -0.137. The zero-order valence-electron chi connectivity index (χ0n) is 10.8. The maximum absolute atomic E-state index is 12.4. The first-order valence-corrected chi connectivity index (χ1v) is 9.70. The zero-order chi connectivity index (χ0) is 16.8. The van der Waals surface area contributed by atoms with Gasteiger partial charge in [-0.3, -0.25) is 0 Å². The van der Waals surface area contributed by atoms with Gasteiger partial charge in [-0.1, -0.05) is 0 Å². The van der Waals surface area contributed by atoms with Crippen molar-refractivity contribution in [1.29, 1.82) is 0 Å². The quantitative estimate of drug-likeness (QED) is 0.828. The van der Waals surface area contributed by atoms with Gasteiger partial charge in [0.05, 0.1) is 5.56 Å². The molecule has 22 heavy (non-hydrogen) atoms. The van der Waals surface area contributed by atoms with E-state index in [1.54, 1.807) is 0 Å². The topological polar surface area (TPSA) is 81.2 Å². The summed E-state index contributed by atoms with van der Waals surface area (Å²) in [6.07, 6.45) is -3.29. The highest BCUT2D eigenvalue weighted by molar-refractivity contribution is 7.95. The molecule has 0 aliphatic carbocycles. The van der Waals surface area contributed by atoms with Crippen LogP contribution in [-0.2, 0) is 25.9 Å². The second-order valence-electron chi connectivity index (χ2n) is 4.23. The van der Waals surface area contributed by atoms with Crippen LogP contribution < -0.4 is 0 Å². The summed E-state index contributed by atoms with van der Waals surface area (Å²) in [7, 11) is -7.73. The van der Waals surface area contributed by atoms with Gasteiger partial charge in [-0.25, -0.2) is 21.8 Å². The van der Waals surface area contributed by atoms with E-state index in [1.807, 2.05) is 0 Å². The number of sulfone groups is 2. The van der Waals surface area contributed by atoms with Gasteiger partial charge in [-0.15, -0.1) is 11.3 Å². The van der Waals surface area contributed by atoms with Crippen LogP contribution >= 0.6 is 11.3 Å². The third kappa shape index (κ3) is 3.31. The van der Waals surface area contributed by atoms with Crippen molar-refractivity contribution in [1.82, 2.24) is 4.98 Å². The molecule has 2 aromatic heterocycles. The molecule has 0 amide bonds. The number of alkyl halides is 3. The van der Waals surface area contributed by atoms with Crippen molar-refractivity contribution >= 4 is 31.0 Å². The van der Waals surface area contributed by atoms with E-state index in [2.05, 4.69) is 4.98 Å². The van der Waals surface area contributed by atoms with Crippen LogP contribution in [0.25, 0.3) is 0 Å². The van der Waals surface area contributed by atoms with Crippen LogP contribution in [0.15, 0.2) is 43.9 Å². The van der Waals surface area contributed by atoms with Gasteiger partial charge in [0.15, 0.2) is 14.9 Å². The van der Waals surface area contributed by atoms with Crippen molar-refractivity contribution in [2.75, 3.05) is 6.26 Å². The Morgan fingerprint density at radius 1 is 1.00 bits per heavy atom. The number of aromatic nitrogens is 1. The Morgan fingerprint density at radius 2 is 1.59 bits per heavy atom. The Morgan fingerprint density at radius 3 is 2.00 bits per heavy atom. The zero-order valence-corrected chi connectivity index (χ0v) is 13.3. The maximum Gasteiger partial charge on any atom is 0.417 e. The molecule has 0 saturated heterocycles. The fourth-order valence-corrected chi connectivity index (χ4v) is 5.13. The van der Waals surface area contributed by atoms with Crippen LogP contribution in [0.3, 0.4) is 0 Å². The third-order valence-electron chi connectivity index (χ3n) is 2.53. The molecule has 0 aliphatic heterocycles. The van der Waals surface area contributed by atoms with E-state index in [9.17, 15) is 30.0 Å². The van der Waals surface area contributed by atoms with Crippen LogP contribution in [0, 0.1) is 0 Å². The lowest BCUT2D eigenvalue weighted by atomic mass is 10.3. The molecular formula is C11H8F3NO4S3. The standard InChI is InChI=1S/C11H8F3NO4S3/c1-21(16,17)9-4-5-10(20-9)22(18,19)8-3-2-7(6-15-8)11(12,13)14/h2-6H,1H3. The summed E-state index contributed by atoms with van der Waals surface area (Å²) in [5, 5.41) is -0.581. The molecule has 0 fully saturated rings. The number of nitrogens with zero attached hydrogens (tertiary/aromatic N) is 1. The van der Waals surface area contributed by atoms with Gasteiger partial charge < -0.3 is 0 Å². The minimum absolute atomic E-state index is 0.155. The SMILES string of the molecule is CS(=O)(=O)c1ccc(S(=O)(=O)c2ccc(C(F)(F)F)cn2)s1. The summed E-state index contributed by atoms with van der Waals surface area (Å²) < 4.78 is 83.9. The fourth-order valence-electron chi connectivity index (χ4n) is 1.46.